The van der Waals surface area contributed by atoms with Gasteiger partial charge in [0, 0.05) is 5.25 Å². The van der Waals surface area contributed by atoms with Gasteiger partial charge in [-0.15, -0.1) is 5.10 Å². The first kappa shape index (κ1) is 14.3. The Morgan fingerprint density at radius 1 is 1.30 bits per heavy atom. The van der Waals surface area contributed by atoms with Crippen LogP contribution in [0.5, 0.6) is 0 Å². The zero-order valence-corrected chi connectivity index (χ0v) is 13.1. The fourth-order valence-electron chi connectivity index (χ4n) is 3.31. The summed E-state index contributed by atoms with van der Waals surface area (Å²) < 4.78 is 2.03. The Balaban J connectivity index is 1.67. The summed E-state index contributed by atoms with van der Waals surface area (Å²) in [6, 6.07) is 0.554. The van der Waals surface area contributed by atoms with Crippen LogP contribution in [-0.2, 0) is 0 Å². The molecule has 0 spiro atoms. The molecular formula is C14H25N5S. The Bertz CT molecular complexity index is 431. The van der Waals surface area contributed by atoms with Crippen LogP contribution in [0.4, 0.5) is 0 Å². The Kier molecular flexibility index (Phi) is 4.61. The van der Waals surface area contributed by atoms with Crippen LogP contribution in [-0.4, -0.2) is 32.0 Å². The first-order valence-corrected chi connectivity index (χ1v) is 8.84. The summed E-state index contributed by atoms with van der Waals surface area (Å²) in [7, 11) is 0. The number of aromatic nitrogens is 4. The molecule has 2 N–H and O–H groups in total. The smallest absolute Gasteiger partial charge is 0.209 e. The predicted molar refractivity (Wildman–Crippen MR) is 80.5 cm³/mol. The van der Waals surface area contributed by atoms with Crippen LogP contribution in [0.1, 0.15) is 57.9 Å². The molecule has 1 aromatic rings. The van der Waals surface area contributed by atoms with Crippen molar-refractivity contribution in [1.82, 2.24) is 20.2 Å². The van der Waals surface area contributed by atoms with Crippen LogP contribution in [0.25, 0.3) is 0 Å². The molecule has 112 valence electrons. The van der Waals surface area contributed by atoms with E-state index in [1.165, 1.54) is 44.9 Å². The third-order valence-electron chi connectivity index (χ3n) is 4.65. The highest BCUT2D eigenvalue weighted by atomic mass is 32.2. The molecule has 0 aliphatic heterocycles. The van der Waals surface area contributed by atoms with Crippen molar-refractivity contribution in [1.29, 1.82) is 0 Å². The van der Waals surface area contributed by atoms with E-state index in [1.807, 2.05) is 16.4 Å². The van der Waals surface area contributed by atoms with E-state index >= 15 is 0 Å². The number of tetrazole rings is 1. The molecule has 0 amide bonds. The quantitative estimate of drug-likeness (QED) is 0.873. The molecule has 5 nitrogen and oxygen atoms in total. The second kappa shape index (κ2) is 6.43. The molecule has 3 atom stereocenters. The second-order valence-electron chi connectivity index (χ2n) is 6.26. The number of hydrogen-bond acceptors (Lipinski definition) is 5. The molecule has 0 aromatic carbocycles. The Hall–Kier alpha value is -0.620. The Morgan fingerprint density at radius 2 is 2.15 bits per heavy atom. The van der Waals surface area contributed by atoms with Gasteiger partial charge >= 0.3 is 0 Å². The number of nitrogens with two attached hydrogens (primary N) is 1. The van der Waals surface area contributed by atoms with Crippen LogP contribution in [0.2, 0.25) is 0 Å². The van der Waals surface area contributed by atoms with Gasteiger partial charge in [0.25, 0.3) is 0 Å². The highest BCUT2D eigenvalue weighted by Gasteiger charge is 2.33. The van der Waals surface area contributed by atoms with Crippen molar-refractivity contribution in [3.8, 4) is 0 Å². The molecule has 2 saturated carbocycles. The summed E-state index contributed by atoms with van der Waals surface area (Å²) in [5.41, 5.74) is 5.98. The number of nitrogens with zero attached hydrogens (tertiary/aromatic N) is 4. The van der Waals surface area contributed by atoms with E-state index in [0.717, 1.165) is 17.6 Å². The lowest BCUT2D eigenvalue weighted by atomic mass is 9.80. The van der Waals surface area contributed by atoms with E-state index < -0.39 is 0 Å². The summed E-state index contributed by atoms with van der Waals surface area (Å²) in [6.07, 6.45) is 8.98. The normalized spacial score (nSPS) is 30.6. The highest BCUT2D eigenvalue weighted by molar-refractivity contribution is 7.99. The lowest BCUT2D eigenvalue weighted by Gasteiger charge is -2.34. The summed E-state index contributed by atoms with van der Waals surface area (Å²) in [5, 5.41) is 13.9. The third-order valence-corrected chi connectivity index (χ3v) is 6.01. The maximum atomic E-state index is 5.98. The number of rotatable bonds is 6. The standard InChI is InChI=1S/C14H25N5S/c1-2-3-10-4-5-11(9-15)13(8-10)20-14-16-17-18-19(14)12-6-7-12/h10-13H,2-9,15H2,1H3. The predicted octanol–water partition coefficient (Wildman–Crippen LogP) is 2.64. The van der Waals surface area contributed by atoms with Gasteiger partial charge in [-0.2, -0.15) is 0 Å². The van der Waals surface area contributed by atoms with Gasteiger partial charge in [0.1, 0.15) is 0 Å². The van der Waals surface area contributed by atoms with Crippen molar-refractivity contribution in [2.45, 2.75) is 68.3 Å². The molecule has 2 aliphatic rings. The van der Waals surface area contributed by atoms with Gasteiger partial charge in [-0.3, -0.25) is 0 Å². The maximum absolute atomic E-state index is 5.98. The maximum Gasteiger partial charge on any atom is 0.209 e. The van der Waals surface area contributed by atoms with Gasteiger partial charge in [0.2, 0.25) is 5.16 Å². The summed E-state index contributed by atoms with van der Waals surface area (Å²) in [6.45, 7) is 3.08. The van der Waals surface area contributed by atoms with Crippen molar-refractivity contribution in [3.63, 3.8) is 0 Å². The molecule has 3 rings (SSSR count). The monoisotopic (exact) mass is 295 g/mol. The summed E-state index contributed by atoms with van der Waals surface area (Å²) in [5.74, 6) is 1.49. The van der Waals surface area contributed by atoms with E-state index in [-0.39, 0.29) is 0 Å². The van der Waals surface area contributed by atoms with Crippen LogP contribution in [0, 0.1) is 11.8 Å². The van der Waals surface area contributed by atoms with Crippen LogP contribution < -0.4 is 5.73 Å². The van der Waals surface area contributed by atoms with E-state index in [1.54, 1.807) is 0 Å². The number of thioether (sulfide) groups is 1. The van der Waals surface area contributed by atoms with Crippen LogP contribution in [0.3, 0.4) is 0 Å². The molecule has 0 bridgehead atoms. The highest BCUT2D eigenvalue weighted by Crippen LogP contribution is 2.42. The Morgan fingerprint density at radius 3 is 2.85 bits per heavy atom. The minimum atomic E-state index is 0.554. The Labute approximate surface area is 125 Å². The van der Waals surface area contributed by atoms with Gasteiger partial charge in [0.05, 0.1) is 6.04 Å². The van der Waals surface area contributed by atoms with Crippen molar-refractivity contribution >= 4 is 11.8 Å². The van der Waals surface area contributed by atoms with E-state index in [4.69, 9.17) is 5.73 Å². The van der Waals surface area contributed by atoms with Gasteiger partial charge in [-0.1, -0.05) is 37.9 Å². The molecule has 0 radical (unpaired) electrons. The lowest BCUT2D eigenvalue weighted by molar-refractivity contribution is 0.275. The average molecular weight is 295 g/mol. The molecule has 1 aromatic heterocycles. The molecule has 20 heavy (non-hydrogen) atoms. The van der Waals surface area contributed by atoms with Crippen molar-refractivity contribution in [2.24, 2.45) is 17.6 Å². The zero-order chi connectivity index (χ0) is 13.9. The van der Waals surface area contributed by atoms with Crippen molar-refractivity contribution in [3.05, 3.63) is 0 Å². The first-order valence-electron chi connectivity index (χ1n) is 7.96. The van der Waals surface area contributed by atoms with Gasteiger partial charge < -0.3 is 5.73 Å². The fraction of sp³-hybridized carbons (Fsp3) is 0.929. The van der Waals surface area contributed by atoms with E-state index in [9.17, 15) is 0 Å². The molecule has 0 saturated heterocycles. The van der Waals surface area contributed by atoms with Crippen LogP contribution in [0.15, 0.2) is 5.16 Å². The lowest BCUT2D eigenvalue weighted by Crippen LogP contribution is -2.32. The minimum absolute atomic E-state index is 0.554. The zero-order valence-electron chi connectivity index (χ0n) is 12.2. The molecule has 1 heterocycles. The summed E-state index contributed by atoms with van der Waals surface area (Å²) in [4.78, 5) is 0. The van der Waals surface area contributed by atoms with Crippen molar-refractivity contribution < 1.29 is 0 Å². The van der Waals surface area contributed by atoms with E-state index in [2.05, 4.69) is 22.4 Å². The fourth-order valence-corrected chi connectivity index (χ4v) is 4.76. The van der Waals surface area contributed by atoms with Gasteiger partial charge in [0.15, 0.2) is 0 Å². The first-order chi connectivity index (χ1) is 9.81. The minimum Gasteiger partial charge on any atom is -0.330 e. The van der Waals surface area contributed by atoms with Gasteiger partial charge in [-0.25, -0.2) is 4.68 Å². The van der Waals surface area contributed by atoms with Crippen LogP contribution >= 0.6 is 11.8 Å². The molecule has 2 aliphatic carbocycles. The molecular weight excluding hydrogens is 270 g/mol. The second-order valence-corrected chi connectivity index (χ2v) is 7.46. The van der Waals surface area contributed by atoms with E-state index in [0.29, 0.717) is 17.2 Å². The average Bonchev–Trinajstić information content (AvgIpc) is 3.20. The molecule has 3 unspecified atom stereocenters. The SMILES string of the molecule is CCCC1CCC(CN)C(Sc2nnnn2C2CC2)C1. The molecule has 6 heteroatoms. The van der Waals surface area contributed by atoms with Gasteiger partial charge in [-0.05, 0) is 54.5 Å². The molecule has 2 fully saturated rings. The number of hydrogen-bond donors (Lipinski definition) is 1. The summed E-state index contributed by atoms with van der Waals surface area (Å²) >= 11 is 1.88. The third kappa shape index (κ3) is 3.17. The van der Waals surface area contributed by atoms with Crippen molar-refractivity contribution in [2.75, 3.05) is 6.54 Å². The largest absolute Gasteiger partial charge is 0.330 e. The topological polar surface area (TPSA) is 69.6 Å².